The molecule has 2 rings (SSSR count). The Hall–Kier alpha value is -0.0969. The van der Waals surface area contributed by atoms with Crippen LogP contribution in [0.1, 0.15) is 25.7 Å². The average molecular weight is 372 g/mol. The maximum atomic E-state index is 4.93. The minimum absolute atomic E-state index is 0.826. The molecule has 0 saturated carbocycles. The van der Waals surface area contributed by atoms with Crippen LogP contribution in [0.2, 0.25) is 0 Å². The SMILES string of the molecule is C=CCC1=[C-]CC=C1.C=CCC1=[C-]CC=C1.[Cl][Zr+2][Cl]. The molecule has 19 heavy (non-hydrogen) atoms. The third-order valence-corrected chi connectivity index (χ3v) is 2.26. The van der Waals surface area contributed by atoms with Crippen LogP contribution in [0.3, 0.4) is 0 Å². The molecule has 0 heterocycles. The molecular formula is C16H18Cl2Zr. The Kier molecular flexibility index (Phi) is 14.2. The van der Waals surface area contributed by atoms with Crippen molar-refractivity contribution >= 4 is 17.0 Å². The third-order valence-electron chi connectivity index (χ3n) is 2.26. The molecule has 100 valence electrons. The minimum atomic E-state index is -0.826. The van der Waals surface area contributed by atoms with E-state index in [-0.39, 0.29) is 0 Å². The molecule has 0 unspecified atom stereocenters. The van der Waals surface area contributed by atoms with Gasteiger partial charge in [-0.3, -0.25) is 12.2 Å². The second-order valence-corrected chi connectivity index (χ2v) is 7.41. The van der Waals surface area contributed by atoms with Crippen molar-refractivity contribution in [2.24, 2.45) is 0 Å². The van der Waals surface area contributed by atoms with Gasteiger partial charge in [-0.05, 0) is 12.8 Å². The number of hydrogen-bond donors (Lipinski definition) is 0. The summed E-state index contributed by atoms with van der Waals surface area (Å²) in [4.78, 5) is 0. The van der Waals surface area contributed by atoms with Crippen LogP contribution in [0.4, 0.5) is 0 Å². The Morgan fingerprint density at radius 1 is 1.00 bits per heavy atom. The van der Waals surface area contributed by atoms with Gasteiger partial charge in [-0.1, -0.05) is 12.2 Å². The van der Waals surface area contributed by atoms with Crippen LogP contribution in [-0.2, 0) is 20.8 Å². The van der Waals surface area contributed by atoms with Gasteiger partial charge in [0.25, 0.3) is 0 Å². The maximum absolute atomic E-state index is 4.93. The van der Waals surface area contributed by atoms with E-state index in [1.807, 2.05) is 12.2 Å². The molecule has 0 spiro atoms. The van der Waals surface area contributed by atoms with Gasteiger partial charge in [-0.2, -0.15) is 12.2 Å². The molecule has 2 aliphatic rings. The third kappa shape index (κ3) is 11.4. The van der Waals surface area contributed by atoms with Crippen molar-refractivity contribution < 1.29 is 20.8 Å². The first-order valence-electron chi connectivity index (χ1n) is 5.99. The van der Waals surface area contributed by atoms with Gasteiger partial charge < -0.3 is 0 Å². The van der Waals surface area contributed by atoms with Crippen LogP contribution in [0.25, 0.3) is 0 Å². The summed E-state index contributed by atoms with van der Waals surface area (Å²) in [5.74, 6) is 0. The molecular weight excluding hydrogens is 354 g/mol. The second-order valence-electron chi connectivity index (χ2n) is 3.67. The standard InChI is InChI=1S/2C8H9.2ClH.Zr/c2*1-2-5-8-6-3-4-7-8;;;/h2*2-3,6H,1,4-5H2;2*1H;/q2*-1;;;+4/p-2. The van der Waals surface area contributed by atoms with E-state index in [1.165, 1.54) is 11.1 Å². The normalized spacial score (nSPS) is 14.2. The molecule has 0 aliphatic heterocycles. The van der Waals surface area contributed by atoms with Crippen molar-refractivity contribution in [3.05, 3.63) is 72.9 Å². The summed E-state index contributed by atoms with van der Waals surface area (Å²) in [7, 11) is 9.87. The predicted molar refractivity (Wildman–Crippen MR) is 82.4 cm³/mol. The Morgan fingerprint density at radius 2 is 1.37 bits per heavy atom. The van der Waals surface area contributed by atoms with Crippen LogP contribution in [0.15, 0.2) is 60.8 Å². The molecule has 0 nitrogen and oxygen atoms in total. The zero-order chi connectivity index (χ0) is 14.3. The van der Waals surface area contributed by atoms with Crippen molar-refractivity contribution in [3.63, 3.8) is 0 Å². The average Bonchev–Trinajstić information content (AvgIpc) is 3.05. The summed E-state index contributed by atoms with van der Waals surface area (Å²) in [5, 5.41) is 0. The van der Waals surface area contributed by atoms with Gasteiger partial charge in [0.1, 0.15) is 0 Å². The molecule has 0 aromatic carbocycles. The molecule has 0 amide bonds. The van der Waals surface area contributed by atoms with E-state index >= 15 is 0 Å². The first kappa shape index (κ1) is 18.9. The number of rotatable bonds is 4. The molecule has 0 radical (unpaired) electrons. The van der Waals surface area contributed by atoms with Gasteiger partial charge >= 0.3 is 37.9 Å². The molecule has 0 saturated heterocycles. The summed E-state index contributed by atoms with van der Waals surface area (Å²) in [6.45, 7) is 7.26. The number of allylic oxidation sites excluding steroid dienone is 10. The zero-order valence-electron chi connectivity index (χ0n) is 11.0. The van der Waals surface area contributed by atoms with Crippen molar-refractivity contribution in [2.45, 2.75) is 25.7 Å². The van der Waals surface area contributed by atoms with Crippen LogP contribution in [0.5, 0.6) is 0 Å². The fourth-order valence-electron chi connectivity index (χ4n) is 1.49. The summed E-state index contributed by atoms with van der Waals surface area (Å²) in [6.07, 6.45) is 22.5. The molecule has 0 bridgehead atoms. The van der Waals surface area contributed by atoms with Crippen molar-refractivity contribution in [1.29, 1.82) is 0 Å². The summed E-state index contributed by atoms with van der Waals surface area (Å²) >= 11 is -0.826. The first-order valence-corrected chi connectivity index (χ1v) is 12.3. The van der Waals surface area contributed by atoms with E-state index in [1.54, 1.807) is 0 Å². The van der Waals surface area contributed by atoms with Crippen LogP contribution in [-0.4, -0.2) is 0 Å². The summed E-state index contributed by atoms with van der Waals surface area (Å²) in [5.41, 5.74) is 2.56. The van der Waals surface area contributed by atoms with Gasteiger partial charge in [0, 0.05) is 0 Å². The second kappa shape index (κ2) is 14.3. The van der Waals surface area contributed by atoms with E-state index < -0.39 is 20.8 Å². The summed E-state index contributed by atoms with van der Waals surface area (Å²) < 4.78 is 0. The van der Waals surface area contributed by atoms with Crippen molar-refractivity contribution in [3.8, 4) is 0 Å². The van der Waals surface area contributed by atoms with Crippen LogP contribution in [0, 0.1) is 12.2 Å². The summed E-state index contributed by atoms with van der Waals surface area (Å²) in [6, 6.07) is 0. The number of halogens is 2. The van der Waals surface area contributed by atoms with E-state index in [0.717, 1.165) is 25.7 Å². The van der Waals surface area contributed by atoms with E-state index in [2.05, 4.69) is 49.6 Å². The number of hydrogen-bond acceptors (Lipinski definition) is 0. The van der Waals surface area contributed by atoms with Gasteiger partial charge in [0.15, 0.2) is 0 Å². The molecule has 0 fully saturated rings. The van der Waals surface area contributed by atoms with Gasteiger partial charge in [0.2, 0.25) is 0 Å². The Morgan fingerprint density at radius 3 is 1.58 bits per heavy atom. The quantitative estimate of drug-likeness (QED) is 0.427. The van der Waals surface area contributed by atoms with Gasteiger partial charge in [-0.25, -0.2) is 23.3 Å². The first-order chi connectivity index (χ1) is 9.28. The predicted octanol–water partition coefficient (Wildman–Crippen LogP) is 5.88. The Labute approximate surface area is 135 Å². The van der Waals surface area contributed by atoms with E-state index in [4.69, 9.17) is 17.0 Å². The van der Waals surface area contributed by atoms with Crippen LogP contribution >= 0.6 is 17.0 Å². The molecule has 0 N–H and O–H groups in total. The fraction of sp³-hybridized carbons (Fsp3) is 0.250. The van der Waals surface area contributed by atoms with Crippen molar-refractivity contribution in [2.75, 3.05) is 0 Å². The molecule has 0 atom stereocenters. The molecule has 2 aliphatic carbocycles. The molecule has 0 aromatic rings. The monoisotopic (exact) mass is 370 g/mol. The topological polar surface area (TPSA) is 0 Å². The van der Waals surface area contributed by atoms with E-state index in [9.17, 15) is 0 Å². The Bertz CT molecular complexity index is 340. The van der Waals surface area contributed by atoms with Gasteiger partial charge in [0.05, 0.1) is 0 Å². The Balaban J connectivity index is 0.000000284. The van der Waals surface area contributed by atoms with Gasteiger partial charge in [-0.15, -0.1) is 26.0 Å². The fourth-order valence-corrected chi connectivity index (χ4v) is 1.49. The van der Waals surface area contributed by atoms with Crippen molar-refractivity contribution in [1.82, 2.24) is 0 Å². The molecule has 3 heteroatoms. The zero-order valence-corrected chi connectivity index (χ0v) is 14.9. The van der Waals surface area contributed by atoms with Crippen LogP contribution < -0.4 is 0 Å². The van der Waals surface area contributed by atoms with E-state index in [0.29, 0.717) is 0 Å². The molecule has 0 aromatic heterocycles.